The maximum absolute atomic E-state index is 11.1. The lowest BCUT2D eigenvalue weighted by atomic mass is 10.2. The van der Waals surface area contributed by atoms with E-state index in [1.165, 1.54) is 6.20 Å². The van der Waals surface area contributed by atoms with Gasteiger partial charge in [-0.25, -0.2) is 0 Å². The molecule has 2 rings (SSSR count). The second-order valence-corrected chi connectivity index (χ2v) is 2.45. The Kier molecular flexibility index (Phi) is 1.36. The zero-order valence-corrected chi connectivity index (χ0v) is 6.18. The molecule has 0 aromatic carbocycles. The van der Waals surface area contributed by atoms with Crippen LogP contribution in [0.25, 0.3) is 0 Å². The van der Waals surface area contributed by atoms with E-state index < -0.39 is 0 Å². The first-order valence-corrected chi connectivity index (χ1v) is 3.53. The van der Waals surface area contributed by atoms with Crippen molar-refractivity contribution >= 4 is 11.6 Å². The maximum Gasteiger partial charge on any atom is 0.272 e. The summed E-state index contributed by atoms with van der Waals surface area (Å²) in [5.41, 5.74) is 0.480. The van der Waals surface area contributed by atoms with Crippen molar-refractivity contribution in [2.24, 2.45) is 0 Å². The molecule has 5 heteroatoms. The minimum atomic E-state index is -0.262. The van der Waals surface area contributed by atoms with Gasteiger partial charge in [-0.2, -0.15) is 0 Å². The lowest BCUT2D eigenvalue weighted by Crippen LogP contribution is -2.37. The Balaban J connectivity index is 2.67. The summed E-state index contributed by atoms with van der Waals surface area (Å²) in [6.07, 6.45) is 1.45. The first-order chi connectivity index (χ1) is 5.79. The predicted molar refractivity (Wildman–Crippen MR) is 43.0 cm³/mol. The van der Waals surface area contributed by atoms with Gasteiger partial charge in [0, 0.05) is 6.20 Å². The van der Waals surface area contributed by atoms with Crippen molar-refractivity contribution in [2.45, 2.75) is 0 Å². The molecule has 12 heavy (non-hydrogen) atoms. The van der Waals surface area contributed by atoms with E-state index in [0.29, 0.717) is 17.9 Å². The third kappa shape index (κ3) is 0.868. The number of H-pyrrole nitrogens is 1. The average Bonchev–Trinajstić information content (AvgIpc) is 2.07. The zero-order chi connectivity index (χ0) is 8.55. The molecule has 0 atom stereocenters. The number of aromatic nitrogens is 1. The van der Waals surface area contributed by atoms with Crippen molar-refractivity contribution in [1.29, 1.82) is 0 Å². The summed E-state index contributed by atoms with van der Waals surface area (Å²) in [6.45, 7) is 0.304. The third-order valence-corrected chi connectivity index (χ3v) is 1.72. The number of carbonyl (C=O) groups excluding carboxylic acids is 1. The molecule has 1 amide bonds. The molecule has 0 saturated carbocycles. The molecule has 1 aliphatic heterocycles. The number of fused-ring (bicyclic) bond motifs is 1. The highest BCUT2D eigenvalue weighted by Gasteiger charge is 2.17. The van der Waals surface area contributed by atoms with Crippen LogP contribution in [0.2, 0.25) is 0 Å². The highest BCUT2D eigenvalue weighted by molar-refractivity contribution is 6.00. The number of carbonyl (C=O) groups is 1. The molecule has 1 aliphatic rings. The van der Waals surface area contributed by atoms with E-state index in [1.54, 1.807) is 6.07 Å². The van der Waals surface area contributed by atoms with Gasteiger partial charge in [0.2, 0.25) is 0 Å². The molecule has 1 aromatic heterocycles. The normalized spacial score (nSPS) is 14.5. The molecule has 0 fully saturated rings. The maximum atomic E-state index is 11.1. The number of amides is 1. The SMILES string of the molecule is O=C1NCNc2c1cc[nH]c2=O. The van der Waals surface area contributed by atoms with E-state index >= 15 is 0 Å². The fourth-order valence-electron chi connectivity index (χ4n) is 1.15. The van der Waals surface area contributed by atoms with Crippen LogP contribution in [0.5, 0.6) is 0 Å². The molecular formula is C7H7N3O2. The topological polar surface area (TPSA) is 74.0 Å². The van der Waals surface area contributed by atoms with Crippen molar-refractivity contribution in [3.8, 4) is 0 Å². The summed E-state index contributed by atoms with van der Waals surface area (Å²) < 4.78 is 0. The largest absolute Gasteiger partial charge is 0.363 e. The standard InChI is InChI=1S/C7H7N3O2/c11-6-4-1-2-8-7(12)5(4)9-3-10-6/h1-2,9H,3H2,(H,8,12)(H,10,11). The molecule has 1 aromatic rings. The van der Waals surface area contributed by atoms with E-state index in [4.69, 9.17) is 0 Å². The van der Waals surface area contributed by atoms with Gasteiger partial charge in [0.25, 0.3) is 11.5 Å². The number of rotatable bonds is 0. The van der Waals surface area contributed by atoms with Gasteiger partial charge in [0.15, 0.2) is 0 Å². The van der Waals surface area contributed by atoms with Crippen LogP contribution in [0.1, 0.15) is 10.4 Å². The number of nitrogens with one attached hydrogen (secondary N) is 3. The Hall–Kier alpha value is -1.78. The molecule has 0 bridgehead atoms. The quantitative estimate of drug-likeness (QED) is 0.484. The van der Waals surface area contributed by atoms with Crippen LogP contribution in [0.15, 0.2) is 17.1 Å². The van der Waals surface area contributed by atoms with E-state index in [2.05, 4.69) is 15.6 Å². The van der Waals surface area contributed by atoms with Crippen molar-refractivity contribution in [3.63, 3.8) is 0 Å². The van der Waals surface area contributed by atoms with Crippen molar-refractivity contribution in [3.05, 3.63) is 28.2 Å². The molecule has 62 valence electrons. The number of hydrogen-bond acceptors (Lipinski definition) is 3. The second kappa shape index (κ2) is 2.37. The first kappa shape index (κ1) is 6.90. The van der Waals surface area contributed by atoms with Gasteiger partial charge in [-0.15, -0.1) is 0 Å². The Labute approximate surface area is 67.8 Å². The summed E-state index contributed by atoms with van der Waals surface area (Å²) in [5, 5.41) is 5.35. The van der Waals surface area contributed by atoms with Gasteiger partial charge in [-0.3, -0.25) is 9.59 Å². The summed E-state index contributed by atoms with van der Waals surface area (Å²) >= 11 is 0. The monoisotopic (exact) mass is 165 g/mol. The summed E-state index contributed by atoms with van der Waals surface area (Å²) in [5.74, 6) is -0.213. The average molecular weight is 165 g/mol. The highest BCUT2D eigenvalue weighted by atomic mass is 16.2. The first-order valence-electron chi connectivity index (χ1n) is 3.53. The van der Waals surface area contributed by atoms with Crippen LogP contribution in [0, 0.1) is 0 Å². The van der Waals surface area contributed by atoms with E-state index in [0.717, 1.165) is 0 Å². The van der Waals surface area contributed by atoms with Crippen LogP contribution >= 0.6 is 0 Å². The minimum absolute atomic E-state index is 0.213. The van der Waals surface area contributed by atoms with Crippen molar-refractivity contribution < 1.29 is 4.79 Å². The van der Waals surface area contributed by atoms with Gasteiger partial charge >= 0.3 is 0 Å². The van der Waals surface area contributed by atoms with Crippen molar-refractivity contribution in [2.75, 3.05) is 12.0 Å². The number of hydrogen-bond donors (Lipinski definition) is 3. The second-order valence-electron chi connectivity index (χ2n) is 2.45. The molecule has 2 heterocycles. The number of anilines is 1. The van der Waals surface area contributed by atoms with Crippen LogP contribution in [0.4, 0.5) is 5.69 Å². The highest BCUT2D eigenvalue weighted by Crippen LogP contribution is 2.10. The van der Waals surface area contributed by atoms with Crippen LogP contribution < -0.4 is 16.2 Å². The van der Waals surface area contributed by atoms with Gasteiger partial charge in [-0.1, -0.05) is 0 Å². The summed E-state index contributed by atoms with van der Waals surface area (Å²) in [4.78, 5) is 24.7. The zero-order valence-electron chi connectivity index (χ0n) is 6.18. The molecule has 0 saturated heterocycles. The lowest BCUT2D eigenvalue weighted by Gasteiger charge is -2.16. The Morgan fingerprint density at radius 2 is 2.08 bits per heavy atom. The van der Waals surface area contributed by atoms with E-state index in [1.807, 2.05) is 0 Å². The van der Waals surface area contributed by atoms with Gasteiger partial charge in [0.1, 0.15) is 5.69 Å². The Bertz CT molecular complexity index is 382. The molecule has 0 aliphatic carbocycles. The van der Waals surface area contributed by atoms with Crippen molar-refractivity contribution in [1.82, 2.24) is 10.3 Å². The molecule has 0 unspecified atom stereocenters. The fourth-order valence-corrected chi connectivity index (χ4v) is 1.15. The number of aromatic amines is 1. The molecular weight excluding hydrogens is 158 g/mol. The Morgan fingerprint density at radius 3 is 2.83 bits per heavy atom. The van der Waals surface area contributed by atoms with Crippen LogP contribution in [-0.2, 0) is 0 Å². The third-order valence-electron chi connectivity index (χ3n) is 1.72. The molecule has 5 nitrogen and oxygen atoms in total. The fraction of sp³-hybridized carbons (Fsp3) is 0.143. The summed E-state index contributed by atoms with van der Waals surface area (Å²) in [7, 11) is 0. The van der Waals surface area contributed by atoms with Gasteiger partial charge in [-0.05, 0) is 6.07 Å². The predicted octanol–water partition coefficient (Wildman–Crippen LogP) is -0.512. The van der Waals surface area contributed by atoms with E-state index in [-0.39, 0.29) is 11.5 Å². The van der Waals surface area contributed by atoms with Gasteiger partial charge in [0.05, 0.1) is 12.2 Å². The number of pyridine rings is 1. The van der Waals surface area contributed by atoms with Crippen LogP contribution in [-0.4, -0.2) is 17.6 Å². The molecule has 0 spiro atoms. The smallest absolute Gasteiger partial charge is 0.272 e. The van der Waals surface area contributed by atoms with Gasteiger partial charge < -0.3 is 15.6 Å². The minimum Gasteiger partial charge on any atom is -0.363 e. The molecule has 3 N–H and O–H groups in total. The summed E-state index contributed by atoms with van der Waals surface area (Å²) in [6, 6.07) is 1.57. The molecule has 0 radical (unpaired) electrons. The Morgan fingerprint density at radius 1 is 1.25 bits per heavy atom. The lowest BCUT2D eigenvalue weighted by molar-refractivity contribution is 0.0952. The van der Waals surface area contributed by atoms with E-state index in [9.17, 15) is 9.59 Å². The van der Waals surface area contributed by atoms with Crippen LogP contribution in [0.3, 0.4) is 0 Å².